The van der Waals surface area contributed by atoms with Gasteiger partial charge in [-0.3, -0.25) is 4.79 Å². The molecule has 1 N–H and O–H groups in total. The van der Waals surface area contributed by atoms with Crippen LogP contribution >= 0.6 is 0 Å². The summed E-state index contributed by atoms with van der Waals surface area (Å²) < 4.78 is 5.65. The Balaban J connectivity index is 2.43. The molecule has 1 amide bonds. The maximum atomic E-state index is 11.7. The van der Waals surface area contributed by atoms with E-state index in [2.05, 4.69) is 33.9 Å². The van der Waals surface area contributed by atoms with Crippen LogP contribution in [0, 0.1) is 11.8 Å². The second kappa shape index (κ2) is 7.09. The largest absolute Gasteiger partial charge is 0.473 e. The van der Waals surface area contributed by atoms with Crippen molar-refractivity contribution < 1.29 is 9.53 Å². The minimum atomic E-state index is -0.237. The van der Waals surface area contributed by atoms with Crippen LogP contribution in [0.15, 0.2) is 35.6 Å². The number of aromatic nitrogens is 2. The summed E-state index contributed by atoms with van der Waals surface area (Å²) in [6.45, 7) is 6.85. The standard InChI is InChI=1S/C16H16N4O2/c1-4-6-13-7-5-8-15(20(17-3)12(2)21)14(13)11-22-16-9-10-18-19-16/h5,7-10H,3,11H2,1-2H3,(H,18,19). The quantitative estimate of drug-likeness (QED) is 0.523. The fourth-order valence-corrected chi connectivity index (χ4v) is 2.00. The third-order valence-electron chi connectivity index (χ3n) is 2.93. The van der Waals surface area contributed by atoms with Gasteiger partial charge >= 0.3 is 0 Å². The van der Waals surface area contributed by atoms with Gasteiger partial charge in [0.25, 0.3) is 0 Å². The number of H-pyrrole nitrogens is 1. The van der Waals surface area contributed by atoms with Gasteiger partial charge in [0.05, 0.1) is 11.9 Å². The topological polar surface area (TPSA) is 70.6 Å². The van der Waals surface area contributed by atoms with Crippen molar-refractivity contribution in [2.24, 2.45) is 5.10 Å². The number of amides is 1. The molecular weight excluding hydrogens is 280 g/mol. The number of aromatic amines is 1. The van der Waals surface area contributed by atoms with Gasteiger partial charge in [0.1, 0.15) is 6.61 Å². The Labute approximate surface area is 128 Å². The number of ether oxygens (including phenoxy) is 1. The molecule has 0 saturated heterocycles. The summed E-state index contributed by atoms with van der Waals surface area (Å²) in [4.78, 5) is 11.7. The second-order valence-corrected chi connectivity index (χ2v) is 4.36. The van der Waals surface area contributed by atoms with Gasteiger partial charge < -0.3 is 4.74 Å². The third kappa shape index (κ3) is 3.33. The van der Waals surface area contributed by atoms with Crippen LogP contribution in [0.2, 0.25) is 0 Å². The van der Waals surface area contributed by atoms with E-state index < -0.39 is 0 Å². The summed E-state index contributed by atoms with van der Waals surface area (Å²) in [7, 11) is 0. The molecule has 2 aromatic rings. The first kappa shape index (κ1) is 15.3. The summed E-state index contributed by atoms with van der Waals surface area (Å²) in [5.74, 6) is 6.16. The zero-order valence-electron chi connectivity index (χ0n) is 12.5. The van der Waals surface area contributed by atoms with Crippen molar-refractivity contribution in [3.8, 4) is 17.7 Å². The van der Waals surface area contributed by atoms with Gasteiger partial charge in [-0.05, 0) is 19.1 Å². The lowest BCUT2D eigenvalue weighted by Crippen LogP contribution is -2.23. The van der Waals surface area contributed by atoms with Gasteiger partial charge in [0, 0.05) is 30.8 Å². The first-order valence-corrected chi connectivity index (χ1v) is 6.61. The summed E-state index contributed by atoms with van der Waals surface area (Å²) in [6.07, 6.45) is 1.60. The average molecular weight is 296 g/mol. The smallest absolute Gasteiger partial charge is 0.244 e. The lowest BCUT2D eigenvalue weighted by atomic mass is 10.1. The molecule has 0 radical (unpaired) electrons. The Morgan fingerprint density at radius 2 is 2.32 bits per heavy atom. The lowest BCUT2D eigenvalue weighted by Gasteiger charge is -2.19. The Kier molecular flexibility index (Phi) is 4.94. The average Bonchev–Trinajstić information content (AvgIpc) is 3.00. The van der Waals surface area contributed by atoms with E-state index in [9.17, 15) is 4.79 Å². The number of carbonyl (C=O) groups is 1. The highest BCUT2D eigenvalue weighted by atomic mass is 16.5. The fourth-order valence-electron chi connectivity index (χ4n) is 2.00. The van der Waals surface area contributed by atoms with Crippen LogP contribution in [-0.4, -0.2) is 22.8 Å². The minimum Gasteiger partial charge on any atom is -0.473 e. The van der Waals surface area contributed by atoms with E-state index in [-0.39, 0.29) is 12.5 Å². The molecule has 0 saturated carbocycles. The van der Waals surface area contributed by atoms with Gasteiger partial charge in [0.2, 0.25) is 11.8 Å². The van der Waals surface area contributed by atoms with Gasteiger partial charge in [-0.1, -0.05) is 12.0 Å². The highest BCUT2D eigenvalue weighted by Crippen LogP contribution is 2.25. The van der Waals surface area contributed by atoms with Crippen LogP contribution in [0.3, 0.4) is 0 Å². The maximum absolute atomic E-state index is 11.7. The summed E-state index contributed by atoms with van der Waals surface area (Å²) in [5, 5.41) is 11.5. The first-order chi connectivity index (χ1) is 10.7. The summed E-state index contributed by atoms with van der Waals surface area (Å²) in [6, 6.07) is 7.17. The van der Waals surface area contributed by atoms with Gasteiger partial charge in [-0.25, -0.2) is 10.1 Å². The molecule has 1 aromatic heterocycles. The molecule has 0 aliphatic carbocycles. The number of hydrogen-bond donors (Lipinski definition) is 1. The zero-order chi connectivity index (χ0) is 15.9. The molecule has 6 heteroatoms. The van der Waals surface area contributed by atoms with Crippen LogP contribution in [0.5, 0.6) is 5.88 Å². The Morgan fingerprint density at radius 1 is 1.50 bits per heavy atom. The molecule has 0 atom stereocenters. The lowest BCUT2D eigenvalue weighted by molar-refractivity contribution is -0.116. The number of carbonyl (C=O) groups excluding carboxylic acids is 1. The van der Waals surface area contributed by atoms with Crippen LogP contribution in [-0.2, 0) is 11.4 Å². The van der Waals surface area contributed by atoms with E-state index in [0.29, 0.717) is 11.6 Å². The Morgan fingerprint density at radius 3 is 2.91 bits per heavy atom. The van der Waals surface area contributed by atoms with Crippen molar-refractivity contribution in [3.05, 3.63) is 41.6 Å². The number of anilines is 1. The van der Waals surface area contributed by atoms with Crippen molar-refractivity contribution >= 4 is 18.3 Å². The predicted octanol–water partition coefficient (Wildman–Crippen LogP) is 2.33. The minimum absolute atomic E-state index is 0.224. The number of rotatable bonds is 5. The van der Waals surface area contributed by atoms with E-state index in [1.54, 1.807) is 25.3 Å². The van der Waals surface area contributed by atoms with Crippen LogP contribution in [0.1, 0.15) is 25.0 Å². The van der Waals surface area contributed by atoms with Gasteiger partial charge in [-0.15, -0.1) is 5.92 Å². The first-order valence-electron chi connectivity index (χ1n) is 6.61. The van der Waals surface area contributed by atoms with Crippen LogP contribution in [0.25, 0.3) is 0 Å². The zero-order valence-corrected chi connectivity index (χ0v) is 12.5. The SMILES string of the molecule is C=NN(C(C)=O)c1cccc(C#CC)c1COc1ccn[nH]1. The van der Waals surface area contributed by atoms with Crippen molar-refractivity contribution in [1.82, 2.24) is 10.2 Å². The van der Waals surface area contributed by atoms with Crippen molar-refractivity contribution in [3.63, 3.8) is 0 Å². The third-order valence-corrected chi connectivity index (χ3v) is 2.93. The molecular formula is C16H16N4O2. The van der Waals surface area contributed by atoms with Crippen LogP contribution in [0.4, 0.5) is 5.69 Å². The van der Waals surface area contributed by atoms with Crippen molar-refractivity contribution in [2.75, 3.05) is 5.01 Å². The Bertz CT molecular complexity index is 726. The van der Waals surface area contributed by atoms with E-state index in [1.807, 2.05) is 12.1 Å². The predicted molar refractivity (Wildman–Crippen MR) is 84.6 cm³/mol. The normalized spacial score (nSPS) is 9.55. The molecule has 0 fully saturated rings. The molecule has 1 aromatic carbocycles. The van der Waals surface area contributed by atoms with Gasteiger partial charge in [0.15, 0.2) is 0 Å². The Hall–Kier alpha value is -3.07. The number of hydrogen-bond acceptors (Lipinski definition) is 4. The molecule has 0 unspecified atom stereocenters. The monoisotopic (exact) mass is 296 g/mol. The number of nitrogens with one attached hydrogen (secondary N) is 1. The highest BCUT2D eigenvalue weighted by Gasteiger charge is 2.17. The van der Waals surface area contributed by atoms with Crippen LogP contribution < -0.4 is 9.75 Å². The molecule has 0 bridgehead atoms. The van der Waals surface area contributed by atoms with Crippen molar-refractivity contribution in [2.45, 2.75) is 20.5 Å². The summed E-state index contributed by atoms with van der Waals surface area (Å²) in [5.41, 5.74) is 2.13. The molecule has 0 aliphatic heterocycles. The molecule has 6 nitrogen and oxygen atoms in total. The highest BCUT2D eigenvalue weighted by molar-refractivity contribution is 5.92. The number of benzene rings is 1. The molecule has 22 heavy (non-hydrogen) atoms. The van der Waals surface area contributed by atoms with Gasteiger partial charge in [-0.2, -0.15) is 10.2 Å². The molecule has 0 aliphatic rings. The van der Waals surface area contributed by atoms with E-state index in [0.717, 1.165) is 11.1 Å². The molecule has 2 rings (SSSR count). The molecule has 0 spiro atoms. The van der Waals surface area contributed by atoms with Crippen molar-refractivity contribution in [1.29, 1.82) is 0 Å². The number of nitrogens with zero attached hydrogens (tertiary/aromatic N) is 3. The summed E-state index contributed by atoms with van der Waals surface area (Å²) >= 11 is 0. The second-order valence-electron chi connectivity index (χ2n) is 4.36. The van der Waals surface area contributed by atoms with E-state index in [1.165, 1.54) is 11.9 Å². The fraction of sp³-hybridized carbons (Fsp3) is 0.188. The van der Waals surface area contributed by atoms with E-state index in [4.69, 9.17) is 4.74 Å². The molecule has 1 heterocycles. The van der Waals surface area contributed by atoms with E-state index >= 15 is 0 Å². The molecule has 112 valence electrons. The maximum Gasteiger partial charge on any atom is 0.244 e. The number of hydrazone groups is 1.